The lowest BCUT2D eigenvalue weighted by Crippen LogP contribution is -2.12. The predicted octanol–water partition coefficient (Wildman–Crippen LogP) is 4.37. The molecule has 0 aromatic heterocycles. The van der Waals surface area contributed by atoms with Crippen molar-refractivity contribution >= 4 is 37.5 Å². The maximum atomic E-state index is 10.2. The molecular formula is C15H15Br2NO2. The van der Waals surface area contributed by atoms with E-state index in [1.165, 1.54) is 0 Å². The number of aliphatic hydroxyl groups excluding tert-OH is 1. The molecular weight excluding hydrogens is 386 g/mol. The zero-order valence-electron chi connectivity index (χ0n) is 10.9. The third-order valence-corrected chi connectivity index (χ3v) is 4.24. The zero-order chi connectivity index (χ0) is 14.5. The number of anilines is 1. The molecule has 2 N–H and O–H groups in total. The topological polar surface area (TPSA) is 41.5 Å². The number of hydrogen-bond acceptors (Lipinski definition) is 3. The van der Waals surface area contributed by atoms with Crippen LogP contribution in [-0.4, -0.2) is 18.8 Å². The molecule has 1 atom stereocenters. The van der Waals surface area contributed by atoms with Crippen molar-refractivity contribution < 1.29 is 9.84 Å². The van der Waals surface area contributed by atoms with Crippen molar-refractivity contribution in [1.82, 2.24) is 0 Å². The fraction of sp³-hybridized carbons (Fsp3) is 0.200. The fourth-order valence-electron chi connectivity index (χ4n) is 1.83. The second kappa shape index (κ2) is 7.11. The minimum atomic E-state index is -0.607. The Morgan fingerprint density at radius 2 is 1.80 bits per heavy atom. The van der Waals surface area contributed by atoms with Crippen LogP contribution in [0, 0.1) is 0 Å². The van der Waals surface area contributed by atoms with Crippen LogP contribution in [0.2, 0.25) is 0 Å². The van der Waals surface area contributed by atoms with Crippen LogP contribution in [0.1, 0.15) is 11.7 Å². The Bertz CT molecular complexity index is 570. The van der Waals surface area contributed by atoms with E-state index in [0.717, 1.165) is 25.9 Å². The van der Waals surface area contributed by atoms with Crippen LogP contribution < -0.4 is 10.1 Å². The van der Waals surface area contributed by atoms with Crippen LogP contribution in [0.4, 0.5) is 5.69 Å². The largest absolute Gasteiger partial charge is 0.497 e. The molecule has 0 amide bonds. The van der Waals surface area contributed by atoms with E-state index in [1.54, 1.807) is 7.11 Å². The van der Waals surface area contributed by atoms with Gasteiger partial charge in [-0.2, -0.15) is 0 Å². The molecule has 0 spiro atoms. The first-order valence-electron chi connectivity index (χ1n) is 6.11. The van der Waals surface area contributed by atoms with E-state index in [-0.39, 0.29) is 0 Å². The summed E-state index contributed by atoms with van der Waals surface area (Å²) in [5, 5.41) is 13.5. The highest BCUT2D eigenvalue weighted by Crippen LogP contribution is 2.31. The van der Waals surface area contributed by atoms with Gasteiger partial charge in [0, 0.05) is 15.5 Å². The van der Waals surface area contributed by atoms with Crippen LogP contribution in [0.5, 0.6) is 5.75 Å². The van der Waals surface area contributed by atoms with Crippen molar-refractivity contribution in [3.63, 3.8) is 0 Å². The van der Waals surface area contributed by atoms with Crippen molar-refractivity contribution in [2.75, 3.05) is 19.0 Å². The van der Waals surface area contributed by atoms with E-state index in [9.17, 15) is 5.11 Å². The fourth-order valence-corrected chi connectivity index (χ4v) is 3.11. The lowest BCUT2D eigenvalue weighted by atomic mass is 10.1. The second-order valence-corrected chi connectivity index (χ2v) is 5.98. The highest BCUT2D eigenvalue weighted by molar-refractivity contribution is 9.11. The molecule has 3 nitrogen and oxygen atoms in total. The van der Waals surface area contributed by atoms with Crippen molar-refractivity contribution in [3.8, 4) is 5.75 Å². The summed E-state index contributed by atoms with van der Waals surface area (Å²) in [5.74, 6) is 0.739. The zero-order valence-corrected chi connectivity index (χ0v) is 14.1. The van der Waals surface area contributed by atoms with Gasteiger partial charge in [0.1, 0.15) is 5.75 Å². The Labute approximate surface area is 135 Å². The first kappa shape index (κ1) is 15.4. The monoisotopic (exact) mass is 399 g/mol. The number of para-hydroxylation sites is 1. The number of hydrogen-bond donors (Lipinski definition) is 2. The number of rotatable bonds is 5. The van der Waals surface area contributed by atoms with Gasteiger partial charge >= 0.3 is 0 Å². The lowest BCUT2D eigenvalue weighted by Gasteiger charge is -2.16. The molecule has 2 aromatic rings. The van der Waals surface area contributed by atoms with Crippen molar-refractivity contribution in [2.24, 2.45) is 0 Å². The maximum Gasteiger partial charge on any atom is 0.119 e. The van der Waals surface area contributed by atoms with Gasteiger partial charge in [-0.3, -0.25) is 0 Å². The number of benzene rings is 2. The highest BCUT2D eigenvalue weighted by atomic mass is 79.9. The Hall–Kier alpha value is -1.04. The average molecular weight is 401 g/mol. The summed E-state index contributed by atoms with van der Waals surface area (Å²) in [4.78, 5) is 0. The summed E-state index contributed by atoms with van der Waals surface area (Å²) in [6, 6.07) is 13.3. The van der Waals surface area contributed by atoms with Crippen LogP contribution in [0.15, 0.2) is 51.4 Å². The van der Waals surface area contributed by atoms with Crippen molar-refractivity contribution in [2.45, 2.75) is 6.10 Å². The minimum absolute atomic E-state index is 0.411. The number of methoxy groups -OCH3 is 1. The molecule has 5 heteroatoms. The van der Waals surface area contributed by atoms with Gasteiger partial charge in [0.2, 0.25) is 0 Å². The van der Waals surface area contributed by atoms with E-state index < -0.39 is 6.10 Å². The van der Waals surface area contributed by atoms with Crippen LogP contribution in [0.25, 0.3) is 0 Å². The highest BCUT2D eigenvalue weighted by Gasteiger charge is 2.10. The van der Waals surface area contributed by atoms with E-state index in [0.29, 0.717) is 6.54 Å². The molecule has 0 fully saturated rings. The quantitative estimate of drug-likeness (QED) is 0.783. The molecule has 0 aliphatic heterocycles. The van der Waals surface area contributed by atoms with Gasteiger partial charge in [-0.25, -0.2) is 0 Å². The maximum absolute atomic E-state index is 10.2. The Morgan fingerprint density at radius 3 is 2.45 bits per heavy atom. The Kier molecular flexibility index (Phi) is 5.46. The summed E-state index contributed by atoms with van der Waals surface area (Å²) in [6.45, 7) is 0.411. The summed E-state index contributed by atoms with van der Waals surface area (Å²) in [6.07, 6.45) is -0.607. The molecule has 0 heterocycles. The number of halogens is 2. The Balaban J connectivity index is 2.06. The van der Waals surface area contributed by atoms with Gasteiger partial charge in [-0.1, -0.05) is 18.2 Å². The smallest absolute Gasteiger partial charge is 0.119 e. The number of ether oxygens (including phenoxy) is 1. The summed E-state index contributed by atoms with van der Waals surface area (Å²) in [5.41, 5.74) is 1.74. The molecule has 106 valence electrons. The molecule has 1 unspecified atom stereocenters. The van der Waals surface area contributed by atoms with Gasteiger partial charge in [-0.15, -0.1) is 0 Å². The van der Waals surface area contributed by atoms with Gasteiger partial charge in [0.15, 0.2) is 0 Å². The SMILES string of the molecule is COc1cccc(C(O)CNc2c(Br)cccc2Br)c1. The van der Waals surface area contributed by atoms with Gasteiger partial charge in [0.25, 0.3) is 0 Å². The molecule has 0 bridgehead atoms. The average Bonchev–Trinajstić information content (AvgIpc) is 2.46. The summed E-state index contributed by atoms with van der Waals surface area (Å²) in [7, 11) is 1.61. The van der Waals surface area contributed by atoms with Crippen LogP contribution in [-0.2, 0) is 0 Å². The standard InChI is InChI=1S/C15H15Br2NO2/c1-20-11-5-2-4-10(8-11)14(19)9-18-15-12(16)6-3-7-13(15)17/h2-8,14,18-19H,9H2,1H3. The second-order valence-electron chi connectivity index (χ2n) is 4.27. The number of aliphatic hydroxyl groups is 1. The van der Waals surface area contributed by atoms with Crippen molar-refractivity contribution in [1.29, 1.82) is 0 Å². The molecule has 0 saturated heterocycles. The Morgan fingerprint density at radius 1 is 1.15 bits per heavy atom. The molecule has 0 saturated carbocycles. The van der Waals surface area contributed by atoms with Crippen LogP contribution in [0.3, 0.4) is 0 Å². The van der Waals surface area contributed by atoms with Crippen LogP contribution >= 0.6 is 31.9 Å². The van der Waals surface area contributed by atoms with E-state index in [1.807, 2.05) is 42.5 Å². The molecule has 0 aliphatic rings. The van der Waals surface area contributed by atoms with Gasteiger partial charge < -0.3 is 15.2 Å². The molecule has 0 radical (unpaired) electrons. The first-order valence-corrected chi connectivity index (χ1v) is 7.70. The van der Waals surface area contributed by atoms with Gasteiger partial charge in [0.05, 0.1) is 18.9 Å². The minimum Gasteiger partial charge on any atom is -0.497 e. The van der Waals surface area contributed by atoms with Crippen molar-refractivity contribution in [3.05, 3.63) is 57.0 Å². The summed E-state index contributed by atoms with van der Waals surface area (Å²) < 4.78 is 7.06. The lowest BCUT2D eigenvalue weighted by molar-refractivity contribution is 0.191. The molecule has 2 aromatic carbocycles. The summed E-state index contributed by atoms with van der Waals surface area (Å²) >= 11 is 6.96. The predicted molar refractivity (Wildman–Crippen MR) is 88.3 cm³/mol. The normalized spacial score (nSPS) is 12.0. The third-order valence-electron chi connectivity index (χ3n) is 2.91. The molecule has 20 heavy (non-hydrogen) atoms. The van der Waals surface area contributed by atoms with E-state index in [2.05, 4.69) is 37.2 Å². The molecule has 2 rings (SSSR count). The number of nitrogens with one attached hydrogen (secondary N) is 1. The third kappa shape index (κ3) is 3.75. The van der Waals surface area contributed by atoms with E-state index in [4.69, 9.17) is 4.74 Å². The van der Waals surface area contributed by atoms with E-state index >= 15 is 0 Å². The molecule has 0 aliphatic carbocycles. The van der Waals surface area contributed by atoms with Gasteiger partial charge in [-0.05, 0) is 61.7 Å². The first-order chi connectivity index (χ1) is 9.61.